The third-order valence-electron chi connectivity index (χ3n) is 2.49. The number of hydrogen-bond donors (Lipinski definition) is 1. The van der Waals surface area contributed by atoms with Crippen molar-refractivity contribution >= 4 is 38.1 Å². The number of thiazole rings is 1. The van der Waals surface area contributed by atoms with Gasteiger partial charge in [-0.2, -0.15) is 13.2 Å². The van der Waals surface area contributed by atoms with Gasteiger partial charge in [0, 0.05) is 23.2 Å². The van der Waals surface area contributed by atoms with Crippen molar-refractivity contribution in [2.45, 2.75) is 6.18 Å². The number of methoxy groups -OCH3 is 2. The first-order chi connectivity index (χ1) is 9.85. The maximum atomic E-state index is 12.5. The number of halogens is 4. The molecule has 2 rings (SSSR count). The number of ether oxygens (including phenoxy) is 2. The molecule has 0 bridgehead atoms. The van der Waals surface area contributed by atoms with E-state index in [1.807, 2.05) is 0 Å². The molecule has 2 aromatic rings. The van der Waals surface area contributed by atoms with Crippen LogP contribution in [0.1, 0.15) is 5.69 Å². The Hall–Kier alpha value is -1.48. The summed E-state index contributed by atoms with van der Waals surface area (Å²) < 4.78 is 48.4. The highest BCUT2D eigenvalue weighted by Crippen LogP contribution is 2.39. The van der Waals surface area contributed by atoms with Gasteiger partial charge in [-0.25, -0.2) is 4.98 Å². The van der Waals surface area contributed by atoms with E-state index < -0.39 is 11.9 Å². The molecule has 0 unspecified atom stereocenters. The Morgan fingerprint density at radius 3 is 2.19 bits per heavy atom. The van der Waals surface area contributed by atoms with Crippen LogP contribution >= 0.6 is 27.3 Å². The van der Waals surface area contributed by atoms with Crippen molar-refractivity contribution in [3.05, 3.63) is 27.7 Å². The highest BCUT2D eigenvalue weighted by Gasteiger charge is 2.33. The smallest absolute Gasteiger partial charge is 0.434 e. The van der Waals surface area contributed by atoms with Gasteiger partial charge >= 0.3 is 6.18 Å². The molecule has 0 aliphatic carbocycles. The first-order valence-corrected chi connectivity index (χ1v) is 7.23. The molecular weight excluding hydrogens is 373 g/mol. The van der Waals surface area contributed by atoms with E-state index in [0.717, 1.165) is 16.7 Å². The Balaban J connectivity index is 2.29. The van der Waals surface area contributed by atoms with Crippen molar-refractivity contribution in [2.75, 3.05) is 19.5 Å². The predicted octanol–water partition coefficient (Wildman–Crippen LogP) is 4.69. The van der Waals surface area contributed by atoms with Crippen LogP contribution in [-0.2, 0) is 6.18 Å². The van der Waals surface area contributed by atoms with Gasteiger partial charge in [0.15, 0.2) is 10.8 Å². The molecule has 1 heterocycles. The zero-order valence-electron chi connectivity index (χ0n) is 10.9. The van der Waals surface area contributed by atoms with Gasteiger partial charge in [0.1, 0.15) is 16.0 Å². The van der Waals surface area contributed by atoms with Crippen molar-refractivity contribution in [3.8, 4) is 11.5 Å². The SMILES string of the molecule is COc1cc(Nc2nc(C(F)(F)F)cs2)cc(OC)c1Br. The van der Waals surface area contributed by atoms with Crippen molar-refractivity contribution in [3.63, 3.8) is 0 Å². The van der Waals surface area contributed by atoms with E-state index in [-0.39, 0.29) is 5.13 Å². The lowest BCUT2D eigenvalue weighted by molar-refractivity contribution is -0.140. The van der Waals surface area contributed by atoms with Crippen LogP contribution in [0.25, 0.3) is 0 Å². The first kappa shape index (κ1) is 15.9. The summed E-state index contributed by atoms with van der Waals surface area (Å²) >= 11 is 4.18. The second-order valence-corrected chi connectivity index (χ2v) is 5.51. The van der Waals surface area contributed by atoms with E-state index in [9.17, 15) is 13.2 Å². The summed E-state index contributed by atoms with van der Waals surface area (Å²) in [6.45, 7) is 0. The highest BCUT2D eigenvalue weighted by molar-refractivity contribution is 9.10. The normalized spacial score (nSPS) is 11.3. The van der Waals surface area contributed by atoms with Gasteiger partial charge in [-0.1, -0.05) is 0 Å². The number of rotatable bonds is 4. The van der Waals surface area contributed by atoms with Gasteiger partial charge in [-0.05, 0) is 15.9 Å². The molecule has 1 N–H and O–H groups in total. The largest absolute Gasteiger partial charge is 0.495 e. The number of alkyl halides is 3. The molecule has 0 spiro atoms. The number of nitrogens with zero attached hydrogens (tertiary/aromatic N) is 1. The Labute approximate surface area is 131 Å². The van der Waals surface area contributed by atoms with Crippen LogP contribution in [0.4, 0.5) is 24.0 Å². The number of hydrogen-bond acceptors (Lipinski definition) is 5. The van der Waals surface area contributed by atoms with Crippen molar-refractivity contribution in [2.24, 2.45) is 0 Å². The maximum Gasteiger partial charge on any atom is 0.434 e. The fourth-order valence-electron chi connectivity index (χ4n) is 1.53. The number of aromatic nitrogens is 1. The molecule has 0 saturated carbocycles. The molecule has 21 heavy (non-hydrogen) atoms. The van der Waals surface area contributed by atoms with Crippen LogP contribution in [0.2, 0.25) is 0 Å². The summed E-state index contributed by atoms with van der Waals surface area (Å²) in [5.74, 6) is 0.980. The highest BCUT2D eigenvalue weighted by atomic mass is 79.9. The molecule has 9 heteroatoms. The van der Waals surface area contributed by atoms with Crippen LogP contribution in [0.5, 0.6) is 11.5 Å². The summed E-state index contributed by atoms with van der Waals surface area (Å²) in [5, 5.41) is 3.89. The molecule has 0 aliphatic heterocycles. The lowest BCUT2D eigenvalue weighted by Gasteiger charge is -2.11. The zero-order chi connectivity index (χ0) is 15.6. The van der Waals surface area contributed by atoms with E-state index in [0.29, 0.717) is 21.7 Å². The molecule has 0 radical (unpaired) electrons. The van der Waals surface area contributed by atoms with Crippen LogP contribution in [-0.4, -0.2) is 19.2 Å². The Kier molecular flexibility index (Phi) is 4.62. The second kappa shape index (κ2) is 6.10. The van der Waals surface area contributed by atoms with Crippen molar-refractivity contribution in [1.29, 1.82) is 0 Å². The van der Waals surface area contributed by atoms with E-state index in [2.05, 4.69) is 26.2 Å². The van der Waals surface area contributed by atoms with Gasteiger partial charge < -0.3 is 14.8 Å². The molecule has 0 aliphatic rings. The summed E-state index contributed by atoms with van der Waals surface area (Å²) in [6.07, 6.45) is -4.45. The molecule has 1 aromatic heterocycles. The van der Waals surface area contributed by atoms with E-state index in [1.165, 1.54) is 14.2 Å². The summed E-state index contributed by atoms with van der Waals surface area (Å²) in [6, 6.07) is 3.25. The van der Waals surface area contributed by atoms with Gasteiger partial charge in [0.25, 0.3) is 0 Å². The predicted molar refractivity (Wildman–Crippen MR) is 77.6 cm³/mol. The van der Waals surface area contributed by atoms with E-state index in [1.54, 1.807) is 12.1 Å². The monoisotopic (exact) mass is 382 g/mol. The fraction of sp³-hybridized carbons (Fsp3) is 0.250. The molecule has 0 atom stereocenters. The Bertz CT molecular complexity index is 621. The minimum Gasteiger partial charge on any atom is -0.495 e. The molecule has 0 fully saturated rings. The maximum absolute atomic E-state index is 12.5. The third kappa shape index (κ3) is 3.59. The number of benzene rings is 1. The summed E-state index contributed by atoms with van der Waals surface area (Å²) in [7, 11) is 2.96. The van der Waals surface area contributed by atoms with Crippen LogP contribution in [0, 0.1) is 0 Å². The van der Waals surface area contributed by atoms with E-state index >= 15 is 0 Å². The van der Waals surface area contributed by atoms with Crippen LogP contribution < -0.4 is 14.8 Å². The van der Waals surface area contributed by atoms with Crippen molar-refractivity contribution in [1.82, 2.24) is 4.98 Å². The standard InChI is InChI=1S/C12H10BrF3N2O2S/c1-19-7-3-6(4-8(20-2)10(7)13)17-11-18-9(5-21-11)12(14,15)16/h3-5H,1-2H3,(H,17,18). The average Bonchev–Trinajstić information content (AvgIpc) is 2.89. The fourth-order valence-corrected chi connectivity index (χ4v) is 2.82. The average molecular weight is 383 g/mol. The molecule has 1 aromatic carbocycles. The van der Waals surface area contributed by atoms with Gasteiger partial charge in [-0.15, -0.1) is 11.3 Å². The molecular formula is C12H10BrF3N2O2S. The number of anilines is 2. The molecule has 114 valence electrons. The van der Waals surface area contributed by atoms with Crippen LogP contribution in [0.3, 0.4) is 0 Å². The minimum absolute atomic E-state index is 0.133. The van der Waals surface area contributed by atoms with Gasteiger partial charge in [-0.3, -0.25) is 0 Å². The zero-order valence-corrected chi connectivity index (χ0v) is 13.3. The Morgan fingerprint density at radius 2 is 1.76 bits per heavy atom. The lowest BCUT2D eigenvalue weighted by atomic mass is 10.3. The topological polar surface area (TPSA) is 43.4 Å². The first-order valence-electron chi connectivity index (χ1n) is 5.56. The van der Waals surface area contributed by atoms with Crippen LogP contribution in [0.15, 0.2) is 22.0 Å². The van der Waals surface area contributed by atoms with Gasteiger partial charge in [0.05, 0.1) is 14.2 Å². The van der Waals surface area contributed by atoms with Crippen molar-refractivity contribution < 1.29 is 22.6 Å². The third-order valence-corrected chi connectivity index (χ3v) is 4.03. The molecule has 0 amide bonds. The van der Waals surface area contributed by atoms with E-state index in [4.69, 9.17) is 9.47 Å². The Morgan fingerprint density at radius 1 is 1.19 bits per heavy atom. The quantitative estimate of drug-likeness (QED) is 0.833. The molecule has 4 nitrogen and oxygen atoms in total. The van der Waals surface area contributed by atoms with Gasteiger partial charge in [0.2, 0.25) is 0 Å². The second-order valence-electron chi connectivity index (χ2n) is 3.86. The molecule has 0 saturated heterocycles. The summed E-state index contributed by atoms with van der Waals surface area (Å²) in [5.41, 5.74) is -0.416. The number of nitrogens with one attached hydrogen (secondary N) is 1. The minimum atomic E-state index is -4.45. The summed E-state index contributed by atoms with van der Waals surface area (Å²) in [4.78, 5) is 3.50. The lowest BCUT2D eigenvalue weighted by Crippen LogP contribution is -2.05.